The number of nitrogens with one attached hydrogen (secondary N) is 1. The quantitative estimate of drug-likeness (QED) is 0.498. The number of methoxy groups -OCH3 is 2. The summed E-state index contributed by atoms with van der Waals surface area (Å²) in [6.45, 7) is 4.07. The average Bonchev–Trinajstić information content (AvgIpc) is 2.82. The minimum Gasteiger partial charge on any atom is -0.495 e. The van der Waals surface area contributed by atoms with E-state index in [1.165, 1.54) is 42.8 Å². The summed E-state index contributed by atoms with van der Waals surface area (Å²) in [5, 5.41) is 11.3. The Morgan fingerprint density at radius 2 is 1.73 bits per heavy atom. The first-order valence-electron chi connectivity index (χ1n) is 10.2. The summed E-state index contributed by atoms with van der Waals surface area (Å²) in [5.74, 6) is 0.686. The molecule has 1 N–H and O–H groups in total. The molecule has 2 rings (SSSR count). The summed E-state index contributed by atoms with van der Waals surface area (Å²) < 4.78 is 42.8. The third-order valence-electron chi connectivity index (χ3n) is 4.68. The van der Waals surface area contributed by atoms with Gasteiger partial charge >= 0.3 is 0 Å². The molecule has 9 nitrogen and oxygen atoms in total. The van der Waals surface area contributed by atoms with E-state index < -0.39 is 15.9 Å². The van der Waals surface area contributed by atoms with Gasteiger partial charge in [0.1, 0.15) is 11.8 Å². The minimum absolute atomic E-state index is 0.0592. The van der Waals surface area contributed by atoms with Gasteiger partial charge in [0.05, 0.1) is 24.8 Å². The number of rotatable bonds is 11. The average molecular weight is 474 g/mol. The van der Waals surface area contributed by atoms with E-state index in [0.29, 0.717) is 35.9 Å². The van der Waals surface area contributed by atoms with Crippen LogP contribution in [0.3, 0.4) is 0 Å². The third-order valence-corrected chi connectivity index (χ3v) is 6.72. The molecule has 0 aliphatic heterocycles. The van der Waals surface area contributed by atoms with Crippen LogP contribution < -0.4 is 19.5 Å². The molecule has 10 heteroatoms. The van der Waals surface area contributed by atoms with Crippen LogP contribution in [-0.4, -0.2) is 52.5 Å². The Balaban J connectivity index is 2.24. The Kier molecular flexibility index (Phi) is 9.27. The highest BCUT2D eigenvalue weighted by Crippen LogP contribution is 2.30. The number of anilines is 1. The molecule has 0 bridgehead atoms. The molecule has 0 aliphatic carbocycles. The van der Waals surface area contributed by atoms with Gasteiger partial charge < -0.3 is 19.5 Å². The highest BCUT2D eigenvalue weighted by molar-refractivity contribution is 7.89. The monoisotopic (exact) mass is 473 g/mol. The lowest BCUT2D eigenvalue weighted by molar-refractivity contribution is -0.111. The second kappa shape index (κ2) is 11.9. The van der Waals surface area contributed by atoms with Gasteiger partial charge in [-0.25, -0.2) is 8.42 Å². The van der Waals surface area contributed by atoms with Crippen molar-refractivity contribution >= 4 is 27.7 Å². The van der Waals surface area contributed by atoms with Crippen molar-refractivity contribution in [2.24, 2.45) is 0 Å². The number of carbonyl (C=O) groups excluding carboxylic acids is 1. The summed E-state index contributed by atoms with van der Waals surface area (Å²) >= 11 is 0. The fraction of sp³-hybridized carbons (Fsp3) is 0.304. The number of sulfonamides is 1. The molecule has 0 radical (unpaired) electrons. The molecule has 0 saturated heterocycles. The number of hydrogen-bond donors (Lipinski definition) is 1. The van der Waals surface area contributed by atoms with Gasteiger partial charge in [-0.05, 0) is 42.0 Å². The smallest absolute Gasteiger partial charge is 0.248 e. The van der Waals surface area contributed by atoms with Crippen LogP contribution in [0.2, 0.25) is 0 Å². The molecule has 1 amide bonds. The molecule has 0 heterocycles. The zero-order valence-electron chi connectivity index (χ0n) is 19.0. The summed E-state index contributed by atoms with van der Waals surface area (Å²) in [6, 6.07) is 11.2. The number of nitriles is 1. The van der Waals surface area contributed by atoms with Crippen molar-refractivity contribution in [1.29, 1.82) is 5.26 Å². The minimum atomic E-state index is -3.70. The molecule has 0 spiro atoms. The van der Waals surface area contributed by atoms with Gasteiger partial charge in [0.25, 0.3) is 0 Å². The lowest BCUT2D eigenvalue weighted by atomic mass is 10.2. The number of nitrogens with zero attached hydrogens (tertiary/aromatic N) is 2. The summed E-state index contributed by atoms with van der Waals surface area (Å²) in [4.78, 5) is 12.6. The van der Waals surface area contributed by atoms with E-state index in [9.17, 15) is 13.2 Å². The van der Waals surface area contributed by atoms with Crippen LogP contribution in [0.1, 0.15) is 19.4 Å². The third kappa shape index (κ3) is 6.47. The fourth-order valence-electron chi connectivity index (χ4n) is 3.02. The van der Waals surface area contributed by atoms with Crippen molar-refractivity contribution in [2.45, 2.75) is 18.7 Å². The second-order valence-corrected chi connectivity index (χ2v) is 8.57. The predicted molar refractivity (Wildman–Crippen MR) is 125 cm³/mol. The Labute approximate surface area is 194 Å². The van der Waals surface area contributed by atoms with E-state index in [2.05, 4.69) is 5.32 Å². The zero-order chi connectivity index (χ0) is 24.4. The maximum absolute atomic E-state index is 12.8. The molecule has 0 unspecified atom stereocenters. The van der Waals surface area contributed by atoms with Crippen LogP contribution in [0, 0.1) is 11.3 Å². The first kappa shape index (κ1) is 25.7. The van der Waals surface area contributed by atoms with Crippen LogP contribution in [0.5, 0.6) is 17.2 Å². The topological polar surface area (TPSA) is 118 Å². The number of ether oxygens (including phenoxy) is 3. The van der Waals surface area contributed by atoms with Gasteiger partial charge in [0, 0.05) is 19.2 Å². The first-order valence-corrected chi connectivity index (χ1v) is 11.6. The van der Waals surface area contributed by atoms with Crippen LogP contribution in [0.25, 0.3) is 6.08 Å². The van der Waals surface area contributed by atoms with E-state index in [0.717, 1.165) is 0 Å². The first-order chi connectivity index (χ1) is 15.8. The van der Waals surface area contributed by atoms with Gasteiger partial charge in [-0.15, -0.1) is 0 Å². The van der Waals surface area contributed by atoms with Crippen molar-refractivity contribution in [2.75, 3.05) is 39.2 Å². The Bertz CT molecular complexity index is 1150. The van der Waals surface area contributed by atoms with Gasteiger partial charge in [-0.3, -0.25) is 4.79 Å². The van der Waals surface area contributed by atoms with Crippen molar-refractivity contribution in [3.63, 3.8) is 0 Å². The largest absolute Gasteiger partial charge is 0.495 e. The highest BCUT2D eigenvalue weighted by Gasteiger charge is 2.23. The van der Waals surface area contributed by atoms with E-state index in [4.69, 9.17) is 19.5 Å². The second-order valence-electron chi connectivity index (χ2n) is 6.63. The van der Waals surface area contributed by atoms with E-state index in [-0.39, 0.29) is 17.2 Å². The standard InChI is InChI=1S/C23H27N3O6S/c1-5-26(6-2)33(28,29)18-9-11-20(30-3)19(16-18)25-23(27)12-8-17-7-10-21(32-14-13-24)22(15-17)31-4/h7-12,15-16H,5-6,14H2,1-4H3,(H,25,27)/b12-8+. The van der Waals surface area contributed by atoms with Gasteiger partial charge in [0.2, 0.25) is 15.9 Å². The van der Waals surface area contributed by atoms with Crippen LogP contribution in [-0.2, 0) is 14.8 Å². The molecule has 0 atom stereocenters. The van der Waals surface area contributed by atoms with Gasteiger partial charge in [0.15, 0.2) is 18.1 Å². The van der Waals surface area contributed by atoms with Crippen molar-refractivity contribution in [3.05, 3.63) is 48.0 Å². The SMILES string of the molecule is CCN(CC)S(=O)(=O)c1ccc(OC)c(NC(=O)/C=C/c2ccc(OCC#N)c(OC)c2)c1. The number of carbonyl (C=O) groups is 1. The van der Waals surface area contributed by atoms with E-state index in [1.54, 1.807) is 38.1 Å². The van der Waals surface area contributed by atoms with Crippen molar-refractivity contribution in [3.8, 4) is 23.3 Å². The zero-order valence-corrected chi connectivity index (χ0v) is 19.8. The predicted octanol–water partition coefficient (Wildman–Crippen LogP) is 3.29. The number of hydrogen-bond acceptors (Lipinski definition) is 7. The molecule has 0 aromatic heterocycles. The van der Waals surface area contributed by atoms with Crippen molar-refractivity contribution in [1.82, 2.24) is 4.31 Å². The molecule has 0 fully saturated rings. The lowest BCUT2D eigenvalue weighted by Gasteiger charge is -2.19. The molecular weight excluding hydrogens is 446 g/mol. The molecule has 0 saturated carbocycles. The van der Waals surface area contributed by atoms with E-state index in [1.807, 2.05) is 6.07 Å². The molecular formula is C23H27N3O6S. The molecule has 2 aromatic rings. The maximum atomic E-state index is 12.8. The molecule has 33 heavy (non-hydrogen) atoms. The van der Waals surface area contributed by atoms with Crippen LogP contribution >= 0.6 is 0 Å². The lowest BCUT2D eigenvalue weighted by Crippen LogP contribution is -2.30. The summed E-state index contributed by atoms with van der Waals surface area (Å²) in [5.41, 5.74) is 0.898. The summed E-state index contributed by atoms with van der Waals surface area (Å²) in [7, 11) is -0.791. The van der Waals surface area contributed by atoms with Gasteiger partial charge in [-0.2, -0.15) is 9.57 Å². The van der Waals surface area contributed by atoms with Gasteiger partial charge in [-0.1, -0.05) is 19.9 Å². The van der Waals surface area contributed by atoms with Crippen molar-refractivity contribution < 1.29 is 27.4 Å². The maximum Gasteiger partial charge on any atom is 0.248 e. The van der Waals surface area contributed by atoms with E-state index >= 15 is 0 Å². The Morgan fingerprint density at radius 1 is 1.06 bits per heavy atom. The Morgan fingerprint density at radius 3 is 2.33 bits per heavy atom. The summed E-state index contributed by atoms with van der Waals surface area (Å²) in [6.07, 6.45) is 2.87. The molecule has 0 aliphatic rings. The van der Waals surface area contributed by atoms with Crippen LogP contribution in [0.15, 0.2) is 47.4 Å². The molecule has 176 valence electrons. The number of benzene rings is 2. The normalized spacial score (nSPS) is 11.3. The Hall–Kier alpha value is -3.55. The molecule has 2 aromatic carbocycles. The van der Waals surface area contributed by atoms with Crippen LogP contribution in [0.4, 0.5) is 5.69 Å². The highest BCUT2D eigenvalue weighted by atomic mass is 32.2. The fourth-order valence-corrected chi connectivity index (χ4v) is 4.51. The number of amides is 1.